The van der Waals surface area contributed by atoms with E-state index in [1.54, 1.807) is 0 Å². The van der Waals surface area contributed by atoms with E-state index in [0.29, 0.717) is 0 Å². The molecule has 0 saturated heterocycles. The first kappa shape index (κ1) is 207. The van der Waals surface area contributed by atoms with Gasteiger partial charge < -0.3 is 21.9 Å². The van der Waals surface area contributed by atoms with Crippen LogP contribution in [0.2, 0.25) is 0 Å². The van der Waals surface area contributed by atoms with E-state index in [1.807, 2.05) is 0 Å². The molecule has 0 aliphatic carbocycles. The standard InChI is InChI=1S/Co.Mo.Ni.4H2O/h;;;4*1H2. The second kappa shape index (κ2) is 137. The SMILES string of the molecule is O.O.O.O.[Co].[Mo].[Ni]. The summed E-state index contributed by atoms with van der Waals surface area (Å²) in [7, 11) is 0. The van der Waals surface area contributed by atoms with Crippen LogP contribution in [-0.4, -0.2) is 21.9 Å². The van der Waals surface area contributed by atoms with Gasteiger partial charge in [0.05, 0.1) is 0 Å². The van der Waals surface area contributed by atoms with Crippen LogP contribution in [0.25, 0.3) is 0 Å². The molecule has 0 rings (SSSR count). The van der Waals surface area contributed by atoms with Gasteiger partial charge in [-0.2, -0.15) is 0 Å². The minimum atomic E-state index is 0. The summed E-state index contributed by atoms with van der Waals surface area (Å²) < 4.78 is 0. The molecule has 8 N–H and O–H groups in total. The minimum Gasteiger partial charge on any atom is -0.412 e. The van der Waals surface area contributed by atoms with Gasteiger partial charge in [0.25, 0.3) is 0 Å². The summed E-state index contributed by atoms with van der Waals surface area (Å²) in [4.78, 5) is 0. The molecule has 0 aliphatic rings. The molecule has 0 aliphatic heterocycles. The molecule has 57 valence electrons. The molecule has 0 aromatic rings. The van der Waals surface area contributed by atoms with Gasteiger partial charge in [-0.05, 0) is 0 Å². The summed E-state index contributed by atoms with van der Waals surface area (Å²) in [5, 5.41) is 0. The van der Waals surface area contributed by atoms with Crippen molar-refractivity contribution in [3.63, 3.8) is 0 Å². The summed E-state index contributed by atoms with van der Waals surface area (Å²) in [6.07, 6.45) is 0. The molecule has 0 saturated carbocycles. The molecular formula is H8CoMoNiO4. The Kier molecular flexibility index (Phi) is 4060. The Morgan fingerprint density at radius 2 is 0.571 bits per heavy atom. The zero-order valence-corrected chi connectivity index (χ0v) is 7.09. The second-order valence-electron chi connectivity index (χ2n) is 0. The van der Waals surface area contributed by atoms with Crippen molar-refractivity contribution in [1.29, 1.82) is 0 Å². The number of hydrogen-bond acceptors (Lipinski definition) is 0. The molecule has 7 heteroatoms. The molecule has 0 fully saturated rings. The Morgan fingerprint density at radius 3 is 0.571 bits per heavy atom. The first-order chi connectivity index (χ1) is 0. The Labute approximate surface area is 76.0 Å². The van der Waals surface area contributed by atoms with Crippen molar-refractivity contribution in [2.75, 3.05) is 0 Å². The third kappa shape index (κ3) is 98.5. The van der Waals surface area contributed by atoms with Gasteiger partial charge in [0.2, 0.25) is 0 Å². The van der Waals surface area contributed by atoms with E-state index >= 15 is 0 Å². The van der Waals surface area contributed by atoms with Crippen LogP contribution in [0, 0.1) is 0 Å². The van der Waals surface area contributed by atoms with E-state index in [2.05, 4.69) is 0 Å². The summed E-state index contributed by atoms with van der Waals surface area (Å²) in [5.41, 5.74) is 0. The van der Waals surface area contributed by atoms with Crippen LogP contribution in [0.5, 0.6) is 0 Å². The molecule has 1 radical (unpaired) electrons. The van der Waals surface area contributed by atoms with Crippen molar-refractivity contribution in [2.24, 2.45) is 0 Å². The average molecular weight is 286 g/mol. The van der Waals surface area contributed by atoms with E-state index < -0.39 is 0 Å². The van der Waals surface area contributed by atoms with Crippen LogP contribution in [0.3, 0.4) is 0 Å². The Morgan fingerprint density at radius 1 is 0.571 bits per heavy atom. The van der Waals surface area contributed by atoms with Crippen molar-refractivity contribution in [1.82, 2.24) is 0 Å². The Hall–Kier alpha value is 1.53. The molecule has 0 aromatic heterocycles. The fourth-order valence-corrected chi connectivity index (χ4v) is 0. The van der Waals surface area contributed by atoms with Crippen molar-refractivity contribution in [2.45, 2.75) is 0 Å². The molecule has 4 nitrogen and oxygen atoms in total. The van der Waals surface area contributed by atoms with Gasteiger partial charge >= 0.3 is 0 Å². The van der Waals surface area contributed by atoms with E-state index in [-0.39, 0.29) is 76.2 Å². The monoisotopic (exact) mass is 287 g/mol. The van der Waals surface area contributed by atoms with Crippen LogP contribution >= 0.6 is 0 Å². The van der Waals surface area contributed by atoms with Crippen molar-refractivity contribution in [3.05, 3.63) is 0 Å². The quantitative estimate of drug-likeness (QED) is 0.413. The van der Waals surface area contributed by atoms with Gasteiger partial charge in [0.1, 0.15) is 0 Å². The van der Waals surface area contributed by atoms with Crippen LogP contribution in [-0.2, 0) is 54.3 Å². The number of hydrogen-bond donors (Lipinski definition) is 0. The molecule has 0 amide bonds. The molecular weight excluding hydrogens is 278 g/mol. The summed E-state index contributed by atoms with van der Waals surface area (Å²) in [6.45, 7) is 0. The largest absolute Gasteiger partial charge is 0.412 e. The van der Waals surface area contributed by atoms with Gasteiger partial charge in [-0.3, -0.25) is 0 Å². The average Bonchev–Trinajstić information content (AvgIpc) is 0. The van der Waals surface area contributed by atoms with Gasteiger partial charge in [-0.15, -0.1) is 0 Å². The minimum absolute atomic E-state index is 0. The predicted molar refractivity (Wildman–Crippen MR) is 14.5 cm³/mol. The van der Waals surface area contributed by atoms with E-state index in [4.69, 9.17) is 0 Å². The zero-order valence-electron chi connectivity index (χ0n) is 3.06. The van der Waals surface area contributed by atoms with E-state index in [9.17, 15) is 0 Å². The third-order valence-corrected chi connectivity index (χ3v) is 0. The first-order valence-corrected chi connectivity index (χ1v) is 0. The fraction of sp³-hybridized carbons (Fsp3) is 0. The van der Waals surface area contributed by atoms with Crippen LogP contribution in [0.1, 0.15) is 0 Å². The third-order valence-electron chi connectivity index (χ3n) is 0. The Bertz CT molecular complexity index is 11.7. The van der Waals surface area contributed by atoms with Crippen LogP contribution in [0.15, 0.2) is 0 Å². The number of rotatable bonds is 0. The summed E-state index contributed by atoms with van der Waals surface area (Å²) >= 11 is 0. The van der Waals surface area contributed by atoms with Crippen molar-refractivity contribution in [3.8, 4) is 0 Å². The smallest absolute Gasteiger partial charge is 0 e. The maximum Gasteiger partial charge on any atom is 0 e. The maximum atomic E-state index is 0. The maximum absolute atomic E-state index is 0. The molecule has 0 spiro atoms. The summed E-state index contributed by atoms with van der Waals surface area (Å²) in [5.74, 6) is 0. The normalized spacial score (nSPS) is 0. The van der Waals surface area contributed by atoms with Gasteiger partial charge in [-0.25, -0.2) is 0 Å². The molecule has 7 heavy (non-hydrogen) atoms. The molecule has 0 bridgehead atoms. The van der Waals surface area contributed by atoms with Crippen molar-refractivity contribution >= 4 is 0 Å². The second-order valence-corrected chi connectivity index (χ2v) is 0. The van der Waals surface area contributed by atoms with Crippen LogP contribution in [0.4, 0.5) is 0 Å². The van der Waals surface area contributed by atoms with Gasteiger partial charge in [0, 0.05) is 54.3 Å². The van der Waals surface area contributed by atoms with Gasteiger partial charge in [0.15, 0.2) is 0 Å². The van der Waals surface area contributed by atoms with Gasteiger partial charge in [-0.1, -0.05) is 0 Å². The predicted octanol–water partition coefficient (Wildman–Crippen LogP) is -3.31. The Balaban J connectivity index is 0. The summed E-state index contributed by atoms with van der Waals surface area (Å²) in [6, 6.07) is 0. The first-order valence-electron chi connectivity index (χ1n) is 0. The molecule has 0 heterocycles. The molecule has 0 aromatic carbocycles. The van der Waals surface area contributed by atoms with E-state index in [0.717, 1.165) is 0 Å². The fourth-order valence-electron chi connectivity index (χ4n) is 0. The van der Waals surface area contributed by atoms with E-state index in [1.165, 1.54) is 0 Å². The van der Waals surface area contributed by atoms with Crippen LogP contribution < -0.4 is 0 Å². The topological polar surface area (TPSA) is 126 Å². The molecule has 0 unspecified atom stereocenters. The zero-order chi connectivity index (χ0) is 0. The molecule has 0 atom stereocenters. The van der Waals surface area contributed by atoms with Crippen molar-refractivity contribution < 1.29 is 76.2 Å².